The third-order valence-electron chi connectivity index (χ3n) is 2.26. The molecular weight excluding hydrogens is 246 g/mol. The lowest BCUT2D eigenvalue weighted by molar-refractivity contribution is 0.111. The molecule has 3 nitrogen and oxygen atoms in total. The molecule has 0 aliphatic rings. The van der Waals surface area contributed by atoms with Crippen molar-refractivity contribution < 1.29 is 9.90 Å². The number of halogens is 1. The van der Waals surface area contributed by atoms with Gasteiger partial charge in [-0.2, -0.15) is 0 Å². The van der Waals surface area contributed by atoms with Gasteiger partial charge in [0.2, 0.25) is 0 Å². The second kappa shape index (κ2) is 3.13. The van der Waals surface area contributed by atoms with Gasteiger partial charge >= 0.3 is 0 Å². The Balaban J connectivity index is 2.91. The molecule has 0 fully saturated rings. The number of carbonyl (C=O) groups excluding carboxylic acids is 1. The maximum Gasteiger partial charge on any atom is 0.166 e. The first-order valence-electron chi connectivity index (χ1n) is 4.06. The number of fused-ring (bicyclic) bond motifs is 1. The lowest BCUT2D eigenvalue weighted by atomic mass is 10.2. The second-order valence-electron chi connectivity index (χ2n) is 3.10. The number of aromatic hydroxyl groups is 1. The van der Waals surface area contributed by atoms with Crippen LogP contribution >= 0.6 is 15.9 Å². The number of hydrogen-bond donors (Lipinski definition) is 1. The SMILES string of the molecule is Cn1c(C=O)cc2c(O)cc(Br)cc21. The van der Waals surface area contributed by atoms with Crippen LogP contribution in [-0.4, -0.2) is 16.0 Å². The summed E-state index contributed by atoms with van der Waals surface area (Å²) in [6, 6.07) is 5.14. The van der Waals surface area contributed by atoms with Crippen LogP contribution in [0, 0.1) is 0 Å². The first kappa shape index (κ1) is 9.27. The molecule has 1 heterocycles. The Morgan fingerprint density at radius 1 is 1.43 bits per heavy atom. The lowest BCUT2D eigenvalue weighted by Gasteiger charge is -2.00. The number of aromatic nitrogens is 1. The molecule has 0 atom stereocenters. The zero-order valence-corrected chi connectivity index (χ0v) is 9.08. The summed E-state index contributed by atoms with van der Waals surface area (Å²) < 4.78 is 2.54. The Morgan fingerprint density at radius 3 is 2.79 bits per heavy atom. The number of rotatable bonds is 1. The number of aldehydes is 1. The van der Waals surface area contributed by atoms with E-state index in [1.54, 1.807) is 23.7 Å². The normalized spacial score (nSPS) is 10.7. The second-order valence-corrected chi connectivity index (χ2v) is 4.02. The predicted octanol–water partition coefficient (Wildman–Crippen LogP) is 2.46. The highest BCUT2D eigenvalue weighted by molar-refractivity contribution is 9.10. The van der Waals surface area contributed by atoms with Gasteiger partial charge in [-0.25, -0.2) is 0 Å². The Kier molecular flexibility index (Phi) is 2.07. The highest BCUT2D eigenvalue weighted by Gasteiger charge is 2.09. The smallest absolute Gasteiger partial charge is 0.166 e. The van der Waals surface area contributed by atoms with Crippen LogP contribution in [-0.2, 0) is 7.05 Å². The molecule has 14 heavy (non-hydrogen) atoms. The summed E-state index contributed by atoms with van der Waals surface area (Å²) in [5, 5.41) is 10.3. The summed E-state index contributed by atoms with van der Waals surface area (Å²) >= 11 is 3.29. The van der Waals surface area contributed by atoms with Gasteiger partial charge in [0.05, 0.1) is 11.2 Å². The quantitative estimate of drug-likeness (QED) is 0.794. The number of carbonyl (C=O) groups is 1. The van der Waals surface area contributed by atoms with Crippen molar-refractivity contribution in [1.29, 1.82) is 0 Å². The number of nitrogens with zero attached hydrogens (tertiary/aromatic N) is 1. The fourth-order valence-corrected chi connectivity index (χ4v) is 1.95. The number of phenolic OH excluding ortho intramolecular Hbond substituents is 1. The molecule has 0 saturated heterocycles. The molecule has 2 rings (SSSR count). The first-order valence-corrected chi connectivity index (χ1v) is 4.86. The van der Waals surface area contributed by atoms with Gasteiger partial charge in [-0.15, -0.1) is 0 Å². The molecule has 0 amide bonds. The van der Waals surface area contributed by atoms with Crippen molar-refractivity contribution in [3.05, 3.63) is 28.4 Å². The molecule has 1 aromatic carbocycles. The van der Waals surface area contributed by atoms with E-state index >= 15 is 0 Å². The summed E-state index contributed by atoms with van der Waals surface area (Å²) in [7, 11) is 1.79. The minimum Gasteiger partial charge on any atom is -0.507 e. The fourth-order valence-electron chi connectivity index (χ4n) is 1.51. The Labute approximate surface area is 89.1 Å². The van der Waals surface area contributed by atoms with Crippen molar-refractivity contribution in [2.75, 3.05) is 0 Å². The van der Waals surface area contributed by atoms with Gasteiger partial charge in [-0.3, -0.25) is 4.79 Å². The maximum atomic E-state index is 10.7. The first-order chi connectivity index (χ1) is 6.63. The van der Waals surface area contributed by atoms with Gasteiger partial charge in [0.25, 0.3) is 0 Å². The maximum absolute atomic E-state index is 10.7. The molecule has 0 spiro atoms. The van der Waals surface area contributed by atoms with E-state index in [1.165, 1.54) is 0 Å². The highest BCUT2D eigenvalue weighted by atomic mass is 79.9. The van der Waals surface area contributed by atoms with Crippen LogP contribution in [0.2, 0.25) is 0 Å². The van der Waals surface area contributed by atoms with Crippen molar-refractivity contribution in [3.8, 4) is 5.75 Å². The summed E-state index contributed by atoms with van der Waals surface area (Å²) in [5.41, 5.74) is 1.38. The number of phenols is 1. The largest absolute Gasteiger partial charge is 0.507 e. The van der Waals surface area contributed by atoms with E-state index in [0.717, 1.165) is 16.3 Å². The average molecular weight is 254 g/mol. The lowest BCUT2D eigenvalue weighted by Crippen LogP contribution is -1.92. The Bertz CT molecular complexity index is 516. The van der Waals surface area contributed by atoms with Crippen LogP contribution in [0.1, 0.15) is 10.5 Å². The molecular formula is C10H8BrNO2. The Hall–Kier alpha value is -1.29. The topological polar surface area (TPSA) is 42.2 Å². The van der Waals surface area contributed by atoms with E-state index in [9.17, 15) is 9.90 Å². The van der Waals surface area contributed by atoms with E-state index in [-0.39, 0.29) is 5.75 Å². The summed E-state index contributed by atoms with van der Waals surface area (Å²) in [6.45, 7) is 0. The minimum absolute atomic E-state index is 0.179. The zero-order valence-electron chi connectivity index (χ0n) is 7.49. The van der Waals surface area contributed by atoms with Gasteiger partial charge in [0, 0.05) is 16.9 Å². The van der Waals surface area contributed by atoms with Crippen molar-refractivity contribution in [2.45, 2.75) is 0 Å². The number of aryl methyl sites for hydroxylation is 1. The molecule has 4 heteroatoms. The van der Waals surface area contributed by atoms with Crippen LogP contribution in [0.4, 0.5) is 0 Å². The van der Waals surface area contributed by atoms with Crippen molar-refractivity contribution >= 4 is 33.1 Å². The standard InChI is InChI=1S/C10H8BrNO2/c1-12-7(5-13)4-8-9(12)2-6(11)3-10(8)14/h2-5,14H,1H3. The predicted molar refractivity (Wildman–Crippen MR) is 57.7 cm³/mol. The molecule has 0 bridgehead atoms. The average Bonchev–Trinajstić information content (AvgIpc) is 2.44. The van der Waals surface area contributed by atoms with Crippen LogP contribution in [0.5, 0.6) is 5.75 Å². The van der Waals surface area contributed by atoms with Gasteiger partial charge in [-0.05, 0) is 18.2 Å². The molecule has 0 radical (unpaired) electrons. The molecule has 0 unspecified atom stereocenters. The molecule has 0 aliphatic carbocycles. The van der Waals surface area contributed by atoms with E-state index in [4.69, 9.17) is 0 Å². The summed E-state index contributed by atoms with van der Waals surface area (Å²) in [5.74, 6) is 0.179. The van der Waals surface area contributed by atoms with E-state index in [1.807, 2.05) is 6.07 Å². The van der Waals surface area contributed by atoms with Gasteiger partial charge in [0.15, 0.2) is 6.29 Å². The van der Waals surface area contributed by atoms with Gasteiger partial charge in [0.1, 0.15) is 5.75 Å². The Morgan fingerprint density at radius 2 is 2.14 bits per heavy atom. The van der Waals surface area contributed by atoms with Crippen LogP contribution in [0.25, 0.3) is 10.9 Å². The summed E-state index contributed by atoms with van der Waals surface area (Å²) in [6.07, 6.45) is 0.771. The molecule has 1 aromatic heterocycles. The highest BCUT2D eigenvalue weighted by Crippen LogP contribution is 2.30. The van der Waals surface area contributed by atoms with Crippen molar-refractivity contribution in [1.82, 2.24) is 4.57 Å². The van der Waals surface area contributed by atoms with Gasteiger partial charge < -0.3 is 9.67 Å². The van der Waals surface area contributed by atoms with E-state index < -0.39 is 0 Å². The zero-order chi connectivity index (χ0) is 10.3. The summed E-state index contributed by atoms with van der Waals surface area (Å²) in [4.78, 5) is 10.7. The molecule has 1 N–H and O–H groups in total. The third kappa shape index (κ3) is 1.23. The number of benzene rings is 1. The molecule has 0 aliphatic heterocycles. The van der Waals surface area contributed by atoms with Crippen LogP contribution in [0.15, 0.2) is 22.7 Å². The van der Waals surface area contributed by atoms with Crippen LogP contribution < -0.4 is 0 Å². The van der Waals surface area contributed by atoms with Crippen molar-refractivity contribution in [3.63, 3.8) is 0 Å². The fraction of sp³-hybridized carbons (Fsp3) is 0.100. The van der Waals surface area contributed by atoms with Gasteiger partial charge in [-0.1, -0.05) is 15.9 Å². The third-order valence-corrected chi connectivity index (χ3v) is 2.72. The van der Waals surface area contributed by atoms with E-state index in [2.05, 4.69) is 15.9 Å². The molecule has 2 aromatic rings. The molecule has 0 saturated carbocycles. The monoisotopic (exact) mass is 253 g/mol. The van der Waals surface area contributed by atoms with Crippen LogP contribution in [0.3, 0.4) is 0 Å². The van der Waals surface area contributed by atoms with E-state index in [0.29, 0.717) is 11.1 Å². The number of hydrogen-bond acceptors (Lipinski definition) is 2. The molecule has 72 valence electrons. The minimum atomic E-state index is 0.179. The van der Waals surface area contributed by atoms with Crippen molar-refractivity contribution in [2.24, 2.45) is 7.05 Å².